The van der Waals surface area contributed by atoms with Gasteiger partial charge >= 0.3 is 0 Å². The van der Waals surface area contributed by atoms with Gasteiger partial charge in [0.1, 0.15) is 0 Å². The van der Waals surface area contributed by atoms with Crippen LogP contribution in [-0.4, -0.2) is 0 Å². The second-order valence-electron chi connectivity index (χ2n) is 3.24. The van der Waals surface area contributed by atoms with E-state index in [0.717, 1.165) is 6.42 Å². The van der Waals surface area contributed by atoms with Crippen molar-refractivity contribution in [2.75, 3.05) is 0 Å². The van der Waals surface area contributed by atoms with Crippen LogP contribution in [0.15, 0.2) is 66.8 Å². The summed E-state index contributed by atoms with van der Waals surface area (Å²) in [5.41, 5.74) is 2.58. The number of benzene rings is 1. The lowest BCUT2D eigenvalue weighted by Crippen LogP contribution is -1.78. The van der Waals surface area contributed by atoms with Gasteiger partial charge in [0.25, 0.3) is 0 Å². The third-order valence-corrected chi connectivity index (χ3v) is 1.96. The van der Waals surface area contributed by atoms with Gasteiger partial charge in [0.05, 0.1) is 0 Å². The van der Waals surface area contributed by atoms with E-state index in [-0.39, 0.29) is 0 Å². The third-order valence-electron chi connectivity index (χ3n) is 1.96. The fourth-order valence-electron chi connectivity index (χ4n) is 1.24. The van der Waals surface area contributed by atoms with E-state index < -0.39 is 0 Å². The van der Waals surface area contributed by atoms with Gasteiger partial charge in [-0.25, -0.2) is 0 Å². The lowest BCUT2D eigenvalue weighted by Gasteiger charge is -1.94. The largest absolute Gasteiger partial charge is 0.0991 e. The molecule has 0 heterocycles. The molecule has 1 aromatic rings. The minimum absolute atomic E-state index is 0.989. The molecule has 0 bridgehead atoms. The zero-order valence-electron chi connectivity index (χ0n) is 8.61. The lowest BCUT2D eigenvalue weighted by atomic mass is 10.1. The number of allylic oxidation sites excluding steroid dienone is 5. The first-order valence-corrected chi connectivity index (χ1v) is 4.82. The fraction of sp³-hybridized carbons (Fsp3) is 0.143. The van der Waals surface area contributed by atoms with Crippen LogP contribution < -0.4 is 0 Å². The summed E-state index contributed by atoms with van der Waals surface area (Å²) in [5, 5.41) is 0. The van der Waals surface area contributed by atoms with Crippen molar-refractivity contribution < 1.29 is 0 Å². The molecule has 0 saturated carbocycles. The number of rotatable bonds is 4. The highest BCUT2D eigenvalue weighted by Gasteiger charge is 1.85. The Bertz CT molecular complexity index is 328. The van der Waals surface area contributed by atoms with Crippen LogP contribution in [0.5, 0.6) is 0 Å². The summed E-state index contributed by atoms with van der Waals surface area (Å²) in [6.07, 6.45) is 9.09. The van der Waals surface area contributed by atoms with Crippen LogP contribution in [0.3, 0.4) is 0 Å². The maximum atomic E-state index is 3.66. The predicted octanol–water partition coefficient (Wildman–Crippen LogP) is 3.92. The van der Waals surface area contributed by atoms with E-state index in [0.29, 0.717) is 0 Å². The average molecular weight is 184 g/mol. The van der Waals surface area contributed by atoms with Crippen molar-refractivity contribution in [1.29, 1.82) is 0 Å². The molecule has 0 aliphatic rings. The van der Waals surface area contributed by atoms with E-state index in [1.54, 1.807) is 0 Å². The van der Waals surface area contributed by atoms with Crippen LogP contribution in [0.1, 0.15) is 12.5 Å². The highest BCUT2D eigenvalue weighted by Crippen LogP contribution is 2.02. The maximum Gasteiger partial charge on any atom is -0.00942 e. The molecule has 0 aliphatic carbocycles. The Balaban J connectivity index is 2.49. The van der Waals surface area contributed by atoms with Gasteiger partial charge in [-0.15, -0.1) is 0 Å². The highest BCUT2D eigenvalue weighted by molar-refractivity contribution is 5.23. The zero-order valence-corrected chi connectivity index (χ0v) is 8.61. The molecule has 0 spiro atoms. The summed E-state index contributed by atoms with van der Waals surface area (Å²) in [4.78, 5) is 0. The molecule has 1 rings (SSSR count). The quantitative estimate of drug-likeness (QED) is 0.622. The van der Waals surface area contributed by atoms with E-state index in [9.17, 15) is 0 Å². The van der Waals surface area contributed by atoms with Gasteiger partial charge in [-0.3, -0.25) is 0 Å². The normalized spacial score (nSPS) is 11.9. The van der Waals surface area contributed by atoms with Gasteiger partial charge in [-0.05, 0) is 18.9 Å². The Morgan fingerprint density at radius 2 is 2.00 bits per heavy atom. The Labute approximate surface area is 86.3 Å². The SMILES string of the molecule is C=C/C=C(C)/C=C\Cc1ccccc1. The van der Waals surface area contributed by atoms with E-state index in [2.05, 4.69) is 49.9 Å². The van der Waals surface area contributed by atoms with Crippen LogP contribution in [0.25, 0.3) is 0 Å². The lowest BCUT2D eigenvalue weighted by molar-refractivity contribution is 1.26. The summed E-state index contributed by atoms with van der Waals surface area (Å²) < 4.78 is 0. The molecule has 0 aromatic heterocycles. The molecule has 0 saturated heterocycles. The number of hydrogen-bond acceptors (Lipinski definition) is 0. The van der Waals surface area contributed by atoms with Crippen LogP contribution in [0.4, 0.5) is 0 Å². The van der Waals surface area contributed by atoms with E-state index in [1.165, 1.54) is 11.1 Å². The molecule has 0 amide bonds. The first-order chi connectivity index (χ1) is 6.83. The topological polar surface area (TPSA) is 0 Å². The molecule has 0 unspecified atom stereocenters. The second kappa shape index (κ2) is 5.98. The van der Waals surface area contributed by atoms with Gasteiger partial charge in [-0.2, -0.15) is 0 Å². The molecule has 0 fully saturated rings. The summed E-state index contributed by atoms with van der Waals surface area (Å²) in [7, 11) is 0. The van der Waals surface area contributed by atoms with Crippen molar-refractivity contribution in [1.82, 2.24) is 0 Å². The van der Waals surface area contributed by atoms with Crippen LogP contribution in [0.2, 0.25) is 0 Å². The minimum atomic E-state index is 0.989. The second-order valence-corrected chi connectivity index (χ2v) is 3.24. The van der Waals surface area contributed by atoms with Gasteiger partial charge < -0.3 is 0 Å². The van der Waals surface area contributed by atoms with Crippen molar-refractivity contribution >= 4 is 0 Å². The molecular weight excluding hydrogens is 168 g/mol. The Morgan fingerprint density at radius 1 is 1.29 bits per heavy atom. The molecule has 1 aromatic carbocycles. The average Bonchev–Trinajstić information content (AvgIpc) is 2.20. The summed E-state index contributed by atoms with van der Waals surface area (Å²) in [6.45, 7) is 5.73. The molecule has 0 nitrogen and oxygen atoms in total. The first-order valence-electron chi connectivity index (χ1n) is 4.82. The Morgan fingerprint density at radius 3 is 2.64 bits per heavy atom. The molecule has 72 valence electrons. The molecule has 0 aliphatic heterocycles. The smallest absolute Gasteiger partial charge is 0.00942 e. The van der Waals surface area contributed by atoms with Gasteiger partial charge in [-0.1, -0.05) is 66.8 Å². The van der Waals surface area contributed by atoms with Crippen molar-refractivity contribution in [2.24, 2.45) is 0 Å². The van der Waals surface area contributed by atoms with Crippen LogP contribution in [-0.2, 0) is 6.42 Å². The van der Waals surface area contributed by atoms with E-state index >= 15 is 0 Å². The third kappa shape index (κ3) is 3.90. The molecule has 0 heteroatoms. The van der Waals surface area contributed by atoms with E-state index in [4.69, 9.17) is 0 Å². The van der Waals surface area contributed by atoms with Gasteiger partial charge in [0.2, 0.25) is 0 Å². The zero-order chi connectivity index (χ0) is 10.2. The summed E-state index contributed by atoms with van der Waals surface area (Å²) in [6, 6.07) is 10.4. The van der Waals surface area contributed by atoms with Crippen LogP contribution >= 0.6 is 0 Å². The minimum Gasteiger partial charge on any atom is -0.0991 e. The van der Waals surface area contributed by atoms with Crippen molar-refractivity contribution in [3.63, 3.8) is 0 Å². The maximum absolute atomic E-state index is 3.66. The molecule has 14 heavy (non-hydrogen) atoms. The Kier molecular flexibility index (Phi) is 4.49. The van der Waals surface area contributed by atoms with Gasteiger partial charge in [0, 0.05) is 0 Å². The summed E-state index contributed by atoms with van der Waals surface area (Å²) in [5.74, 6) is 0. The molecule has 0 radical (unpaired) electrons. The predicted molar refractivity (Wildman–Crippen MR) is 63.2 cm³/mol. The van der Waals surface area contributed by atoms with Crippen molar-refractivity contribution in [3.8, 4) is 0 Å². The van der Waals surface area contributed by atoms with E-state index in [1.807, 2.05) is 18.2 Å². The van der Waals surface area contributed by atoms with Gasteiger partial charge in [0.15, 0.2) is 0 Å². The monoisotopic (exact) mass is 184 g/mol. The van der Waals surface area contributed by atoms with Crippen molar-refractivity contribution in [2.45, 2.75) is 13.3 Å². The molecule has 0 N–H and O–H groups in total. The standard InChI is InChI=1S/C14H16/c1-3-8-13(2)9-7-12-14-10-5-4-6-11-14/h3-11H,1,12H2,2H3/b9-7-,13-8+. The van der Waals surface area contributed by atoms with Crippen molar-refractivity contribution in [3.05, 3.63) is 72.4 Å². The summed E-state index contributed by atoms with van der Waals surface area (Å²) >= 11 is 0. The number of hydrogen-bond donors (Lipinski definition) is 0. The Hall–Kier alpha value is -1.56. The first kappa shape index (κ1) is 10.5. The highest BCUT2D eigenvalue weighted by atomic mass is 13.9. The molecule has 0 atom stereocenters. The fourth-order valence-corrected chi connectivity index (χ4v) is 1.24. The van der Waals surface area contributed by atoms with Crippen LogP contribution in [0, 0.1) is 0 Å². The molecular formula is C14H16.